The summed E-state index contributed by atoms with van der Waals surface area (Å²) in [6.07, 6.45) is 1.87. The molecule has 2 N–H and O–H groups in total. The van der Waals surface area contributed by atoms with Gasteiger partial charge in [-0.3, -0.25) is 9.59 Å². The summed E-state index contributed by atoms with van der Waals surface area (Å²) < 4.78 is 0. The Morgan fingerprint density at radius 1 is 1.04 bits per heavy atom. The Hall–Kier alpha value is -1.88. The van der Waals surface area contributed by atoms with Crippen molar-refractivity contribution in [1.82, 2.24) is 4.90 Å². The summed E-state index contributed by atoms with van der Waals surface area (Å²) in [5.74, 6) is 0.0390. The Labute approximate surface area is 152 Å². The Bertz CT molecular complexity index is 547. The second kappa shape index (κ2) is 10.2. The summed E-state index contributed by atoms with van der Waals surface area (Å²) in [4.78, 5) is 27.8. The number of rotatable bonds is 9. The standard InChI is InChI=1S/C20H33N3O2/c1-7-16(4)23(17(5)8-2)20(25)14-22(6)13-19(24)21-18-11-9-15(3)10-12-18/h9-12,16-17H,7-8,13-14H2,1-6H3,(H,21,24)/p+1/t16-,17-/m0/s1. The second-order valence-electron chi connectivity index (χ2n) is 7.04. The lowest BCUT2D eigenvalue weighted by molar-refractivity contribution is -0.862. The lowest BCUT2D eigenvalue weighted by Gasteiger charge is -2.34. The number of hydrogen-bond donors (Lipinski definition) is 2. The molecule has 0 aliphatic heterocycles. The van der Waals surface area contributed by atoms with E-state index in [2.05, 4.69) is 33.0 Å². The van der Waals surface area contributed by atoms with Gasteiger partial charge in [0, 0.05) is 17.8 Å². The first kappa shape index (κ1) is 21.2. The minimum Gasteiger partial charge on any atom is -0.332 e. The predicted octanol–water partition coefficient (Wildman–Crippen LogP) is 1.87. The molecule has 0 aliphatic rings. The average molecular weight is 349 g/mol. The van der Waals surface area contributed by atoms with Crippen molar-refractivity contribution < 1.29 is 14.5 Å². The largest absolute Gasteiger partial charge is 0.332 e. The van der Waals surface area contributed by atoms with Crippen LogP contribution in [0.25, 0.3) is 0 Å². The lowest BCUT2D eigenvalue weighted by atomic mass is 10.1. The molecule has 1 rings (SSSR count). The summed E-state index contributed by atoms with van der Waals surface area (Å²) in [6, 6.07) is 8.15. The molecule has 1 aromatic carbocycles. The third-order valence-electron chi connectivity index (χ3n) is 4.67. The van der Waals surface area contributed by atoms with E-state index in [0.717, 1.165) is 29.0 Å². The van der Waals surface area contributed by atoms with Crippen LogP contribution in [0.1, 0.15) is 46.1 Å². The highest BCUT2D eigenvalue weighted by Crippen LogP contribution is 2.11. The van der Waals surface area contributed by atoms with Gasteiger partial charge >= 0.3 is 0 Å². The smallest absolute Gasteiger partial charge is 0.279 e. The van der Waals surface area contributed by atoms with Crippen LogP contribution in [0.3, 0.4) is 0 Å². The lowest BCUT2D eigenvalue weighted by Crippen LogP contribution is -3.11. The topological polar surface area (TPSA) is 53.9 Å². The summed E-state index contributed by atoms with van der Waals surface area (Å²) in [7, 11) is 1.89. The molecular formula is C20H34N3O2+. The maximum Gasteiger partial charge on any atom is 0.279 e. The number of benzene rings is 1. The fourth-order valence-corrected chi connectivity index (χ4v) is 2.85. The normalized spacial score (nSPS) is 14.5. The molecule has 3 atom stereocenters. The molecule has 0 radical (unpaired) electrons. The maximum atomic E-state index is 12.7. The number of carbonyl (C=O) groups excluding carboxylic acids is 2. The molecule has 5 heteroatoms. The Morgan fingerprint density at radius 3 is 2.04 bits per heavy atom. The maximum absolute atomic E-state index is 12.7. The van der Waals surface area contributed by atoms with Crippen LogP contribution in [-0.2, 0) is 9.59 Å². The van der Waals surface area contributed by atoms with Crippen molar-refractivity contribution in [2.24, 2.45) is 0 Å². The van der Waals surface area contributed by atoms with Crippen molar-refractivity contribution in [3.63, 3.8) is 0 Å². The number of amides is 2. The van der Waals surface area contributed by atoms with Crippen molar-refractivity contribution in [2.45, 2.75) is 59.5 Å². The fraction of sp³-hybridized carbons (Fsp3) is 0.600. The van der Waals surface area contributed by atoms with Crippen molar-refractivity contribution in [3.05, 3.63) is 29.8 Å². The molecule has 0 bridgehead atoms. The first-order valence-corrected chi connectivity index (χ1v) is 9.27. The summed E-state index contributed by atoms with van der Waals surface area (Å²) in [6.45, 7) is 11.0. The zero-order valence-corrected chi connectivity index (χ0v) is 16.6. The highest BCUT2D eigenvalue weighted by molar-refractivity contribution is 5.91. The van der Waals surface area contributed by atoms with E-state index >= 15 is 0 Å². The van der Waals surface area contributed by atoms with E-state index in [1.54, 1.807) is 0 Å². The van der Waals surface area contributed by atoms with E-state index in [0.29, 0.717) is 6.54 Å². The van der Waals surface area contributed by atoms with Gasteiger partial charge in [-0.1, -0.05) is 31.5 Å². The molecule has 0 saturated heterocycles. The molecule has 2 amide bonds. The molecule has 0 fully saturated rings. The quantitative estimate of drug-likeness (QED) is 0.716. The number of carbonyl (C=O) groups is 2. The minimum atomic E-state index is -0.0761. The minimum absolute atomic E-state index is 0.0761. The molecule has 0 aliphatic carbocycles. The molecule has 0 saturated carbocycles. The zero-order chi connectivity index (χ0) is 19.0. The van der Waals surface area contributed by atoms with Gasteiger partial charge in [0.05, 0.1) is 7.05 Å². The number of anilines is 1. The van der Waals surface area contributed by atoms with Gasteiger partial charge in [-0.25, -0.2) is 0 Å². The van der Waals surface area contributed by atoms with Gasteiger partial charge in [0.15, 0.2) is 13.1 Å². The highest BCUT2D eigenvalue weighted by Gasteiger charge is 2.26. The van der Waals surface area contributed by atoms with Gasteiger partial charge in [0.2, 0.25) is 0 Å². The van der Waals surface area contributed by atoms with E-state index < -0.39 is 0 Å². The van der Waals surface area contributed by atoms with E-state index in [9.17, 15) is 9.59 Å². The number of aryl methyl sites for hydroxylation is 1. The van der Waals surface area contributed by atoms with Gasteiger partial charge in [-0.15, -0.1) is 0 Å². The van der Waals surface area contributed by atoms with Gasteiger partial charge in [0.1, 0.15) is 0 Å². The summed E-state index contributed by atoms with van der Waals surface area (Å²) in [5.41, 5.74) is 1.94. The molecule has 1 aromatic rings. The number of quaternary nitrogens is 1. The van der Waals surface area contributed by atoms with E-state index in [4.69, 9.17) is 0 Å². The molecule has 5 nitrogen and oxygen atoms in total. The monoisotopic (exact) mass is 348 g/mol. The van der Waals surface area contributed by atoms with Crippen LogP contribution in [0, 0.1) is 6.92 Å². The van der Waals surface area contributed by atoms with Crippen LogP contribution in [-0.4, -0.2) is 48.9 Å². The predicted molar refractivity (Wildman–Crippen MR) is 103 cm³/mol. The first-order chi connectivity index (χ1) is 11.8. The van der Waals surface area contributed by atoms with Crippen molar-refractivity contribution >= 4 is 17.5 Å². The van der Waals surface area contributed by atoms with Gasteiger partial charge in [-0.05, 0) is 45.7 Å². The molecule has 0 aromatic heterocycles. The molecule has 140 valence electrons. The molecular weight excluding hydrogens is 314 g/mol. The van der Waals surface area contributed by atoms with E-state index in [-0.39, 0.29) is 30.4 Å². The summed E-state index contributed by atoms with van der Waals surface area (Å²) in [5, 5.41) is 2.89. The Balaban J connectivity index is 2.58. The molecule has 0 heterocycles. The number of nitrogens with one attached hydrogen (secondary N) is 2. The molecule has 25 heavy (non-hydrogen) atoms. The van der Waals surface area contributed by atoms with Gasteiger partial charge < -0.3 is 15.1 Å². The second-order valence-corrected chi connectivity index (χ2v) is 7.04. The van der Waals surface area contributed by atoms with E-state index in [1.165, 1.54) is 0 Å². The van der Waals surface area contributed by atoms with Crippen LogP contribution in [0.4, 0.5) is 5.69 Å². The number of nitrogens with zero attached hydrogens (tertiary/aromatic N) is 1. The SMILES string of the molecule is CC[C@H](C)N(C(=O)C[NH+](C)CC(=O)Nc1ccc(C)cc1)[C@@H](C)CC. The Kier molecular flexibility index (Phi) is 8.62. The van der Waals surface area contributed by atoms with E-state index in [1.807, 2.05) is 43.1 Å². The number of likely N-dealkylation sites (N-methyl/N-ethyl adjacent to an activating group) is 1. The van der Waals surface area contributed by atoms with Gasteiger partial charge in [0.25, 0.3) is 11.8 Å². The van der Waals surface area contributed by atoms with Crippen molar-refractivity contribution in [2.75, 3.05) is 25.5 Å². The average Bonchev–Trinajstić information content (AvgIpc) is 2.56. The number of hydrogen-bond acceptors (Lipinski definition) is 2. The third-order valence-corrected chi connectivity index (χ3v) is 4.67. The zero-order valence-electron chi connectivity index (χ0n) is 16.6. The molecule has 0 spiro atoms. The summed E-state index contributed by atoms with van der Waals surface area (Å²) >= 11 is 0. The first-order valence-electron chi connectivity index (χ1n) is 9.27. The van der Waals surface area contributed by atoms with Crippen LogP contribution in [0.5, 0.6) is 0 Å². The van der Waals surface area contributed by atoms with Crippen LogP contribution in [0.15, 0.2) is 24.3 Å². The fourth-order valence-electron chi connectivity index (χ4n) is 2.85. The van der Waals surface area contributed by atoms with Crippen LogP contribution in [0.2, 0.25) is 0 Å². The van der Waals surface area contributed by atoms with Crippen molar-refractivity contribution in [1.29, 1.82) is 0 Å². The van der Waals surface area contributed by atoms with Gasteiger partial charge in [-0.2, -0.15) is 0 Å². The third kappa shape index (κ3) is 6.86. The van der Waals surface area contributed by atoms with Crippen molar-refractivity contribution in [3.8, 4) is 0 Å². The Morgan fingerprint density at radius 2 is 1.56 bits per heavy atom. The highest BCUT2D eigenvalue weighted by atomic mass is 16.2. The van der Waals surface area contributed by atoms with Crippen LogP contribution >= 0.6 is 0 Å². The molecule has 1 unspecified atom stereocenters. The van der Waals surface area contributed by atoms with Crippen LogP contribution < -0.4 is 10.2 Å².